The van der Waals surface area contributed by atoms with Crippen molar-refractivity contribution in [1.29, 1.82) is 0 Å². The molecule has 5 heteroatoms. The third-order valence-electron chi connectivity index (χ3n) is 4.26. The van der Waals surface area contributed by atoms with Crippen LogP contribution in [0.3, 0.4) is 0 Å². The maximum atomic E-state index is 4.40. The van der Waals surface area contributed by atoms with Gasteiger partial charge in [-0.2, -0.15) is 9.61 Å². The number of piperazine rings is 1. The van der Waals surface area contributed by atoms with Crippen molar-refractivity contribution in [3.63, 3.8) is 0 Å². The molecule has 20 heavy (non-hydrogen) atoms. The number of nitrogens with zero attached hydrogens (tertiary/aromatic N) is 4. The van der Waals surface area contributed by atoms with E-state index in [0.29, 0.717) is 12.1 Å². The summed E-state index contributed by atoms with van der Waals surface area (Å²) in [6.07, 6.45) is 3.92. The van der Waals surface area contributed by atoms with Gasteiger partial charge in [-0.15, -0.1) is 0 Å². The summed E-state index contributed by atoms with van der Waals surface area (Å²) < 4.78 is 1.97. The maximum absolute atomic E-state index is 4.40. The van der Waals surface area contributed by atoms with Gasteiger partial charge in [0.1, 0.15) is 12.1 Å². The minimum absolute atomic E-state index is 0.520. The van der Waals surface area contributed by atoms with Crippen LogP contribution in [-0.4, -0.2) is 39.8 Å². The molecule has 0 aromatic carbocycles. The average Bonchev–Trinajstić information content (AvgIpc) is 2.93. The van der Waals surface area contributed by atoms with Gasteiger partial charge in [0.05, 0.1) is 0 Å². The Morgan fingerprint density at radius 3 is 2.90 bits per heavy atom. The van der Waals surface area contributed by atoms with Crippen LogP contribution in [-0.2, 0) is 0 Å². The molecule has 0 bridgehead atoms. The molecule has 2 aromatic rings. The number of rotatable bonds is 3. The molecule has 2 unspecified atom stereocenters. The van der Waals surface area contributed by atoms with E-state index in [-0.39, 0.29) is 0 Å². The molecular weight excluding hydrogens is 250 g/mol. The Balaban J connectivity index is 2.04. The first kappa shape index (κ1) is 13.4. The lowest BCUT2D eigenvalue weighted by Gasteiger charge is -2.41. The van der Waals surface area contributed by atoms with Crippen molar-refractivity contribution in [2.45, 2.75) is 45.7 Å². The third kappa shape index (κ3) is 2.26. The molecule has 1 saturated heterocycles. The second kappa shape index (κ2) is 5.40. The number of hydrogen-bond donors (Lipinski definition) is 1. The summed E-state index contributed by atoms with van der Waals surface area (Å²) in [4.78, 5) is 6.83. The predicted molar refractivity (Wildman–Crippen MR) is 81.2 cm³/mol. The molecule has 1 aliphatic heterocycles. The molecule has 2 atom stereocenters. The Bertz CT molecular complexity index is 591. The van der Waals surface area contributed by atoms with Crippen LogP contribution in [0.15, 0.2) is 18.5 Å². The molecule has 2 aromatic heterocycles. The number of anilines is 1. The largest absolute Gasteiger partial charge is 0.351 e. The van der Waals surface area contributed by atoms with Crippen LogP contribution < -0.4 is 10.2 Å². The molecule has 3 heterocycles. The van der Waals surface area contributed by atoms with Crippen molar-refractivity contribution in [3.05, 3.63) is 24.0 Å². The second-order valence-corrected chi connectivity index (χ2v) is 5.65. The topological polar surface area (TPSA) is 45.5 Å². The van der Waals surface area contributed by atoms with Crippen molar-refractivity contribution in [2.75, 3.05) is 18.0 Å². The van der Waals surface area contributed by atoms with Gasteiger partial charge < -0.3 is 10.2 Å². The van der Waals surface area contributed by atoms with Gasteiger partial charge in [0.2, 0.25) is 0 Å². The maximum Gasteiger partial charge on any atom is 0.157 e. The average molecular weight is 273 g/mol. The molecule has 0 aliphatic carbocycles. The molecule has 0 saturated carbocycles. The van der Waals surface area contributed by atoms with E-state index in [1.807, 2.05) is 4.52 Å². The minimum atomic E-state index is 0.520. The summed E-state index contributed by atoms with van der Waals surface area (Å²) in [6.45, 7) is 8.69. The highest BCUT2D eigenvalue weighted by atomic mass is 15.4. The number of fused-ring (bicyclic) bond motifs is 1. The zero-order chi connectivity index (χ0) is 14.1. The van der Waals surface area contributed by atoms with Gasteiger partial charge in [-0.3, -0.25) is 0 Å². The Labute approximate surface area is 120 Å². The van der Waals surface area contributed by atoms with Crippen molar-refractivity contribution in [3.8, 4) is 0 Å². The van der Waals surface area contributed by atoms with Gasteiger partial charge in [0.25, 0.3) is 0 Å². The van der Waals surface area contributed by atoms with E-state index in [4.69, 9.17) is 0 Å². The predicted octanol–water partition coefficient (Wildman–Crippen LogP) is 2.00. The van der Waals surface area contributed by atoms with Crippen molar-refractivity contribution >= 4 is 11.5 Å². The standard InChI is InChI=1S/C15H23N5/c1-4-12-9-19(13(5-2)8-16-12)15-7-11(3)6-14-17-10-18-20(14)15/h6-7,10,12-13,16H,4-5,8-9H2,1-3H3. The Morgan fingerprint density at radius 1 is 1.30 bits per heavy atom. The smallest absolute Gasteiger partial charge is 0.157 e. The normalized spacial score (nSPS) is 23.4. The van der Waals surface area contributed by atoms with E-state index < -0.39 is 0 Å². The summed E-state index contributed by atoms with van der Waals surface area (Å²) in [5.74, 6) is 1.17. The first-order valence-electron chi connectivity index (χ1n) is 7.53. The van der Waals surface area contributed by atoms with E-state index in [1.165, 1.54) is 11.4 Å². The SMILES string of the molecule is CCC1CN(c2cc(C)cc3ncnn23)C(CC)CN1. The molecule has 0 radical (unpaired) electrons. The fourth-order valence-corrected chi connectivity index (χ4v) is 3.02. The lowest BCUT2D eigenvalue weighted by atomic mass is 10.0. The van der Waals surface area contributed by atoms with Gasteiger partial charge in [0, 0.05) is 25.2 Å². The molecule has 1 aliphatic rings. The van der Waals surface area contributed by atoms with E-state index in [0.717, 1.165) is 31.6 Å². The second-order valence-electron chi connectivity index (χ2n) is 5.65. The first-order chi connectivity index (χ1) is 9.72. The van der Waals surface area contributed by atoms with Crippen LogP contribution in [0, 0.1) is 6.92 Å². The lowest BCUT2D eigenvalue weighted by molar-refractivity contribution is 0.375. The minimum Gasteiger partial charge on any atom is -0.351 e. The van der Waals surface area contributed by atoms with Gasteiger partial charge in [-0.1, -0.05) is 13.8 Å². The molecule has 108 valence electrons. The van der Waals surface area contributed by atoms with Crippen LogP contribution >= 0.6 is 0 Å². The van der Waals surface area contributed by atoms with E-state index >= 15 is 0 Å². The molecule has 0 amide bonds. The van der Waals surface area contributed by atoms with Crippen LogP contribution in [0.25, 0.3) is 5.65 Å². The zero-order valence-electron chi connectivity index (χ0n) is 12.5. The van der Waals surface area contributed by atoms with Crippen LogP contribution in [0.2, 0.25) is 0 Å². The van der Waals surface area contributed by atoms with Crippen molar-refractivity contribution in [1.82, 2.24) is 19.9 Å². The number of hydrogen-bond acceptors (Lipinski definition) is 4. The fourth-order valence-electron chi connectivity index (χ4n) is 3.02. The number of nitrogens with one attached hydrogen (secondary N) is 1. The summed E-state index contributed by atoms with van der Waals surface area (Å²) >= 11 is 0. The first-order valence-corrected chi connectivity index (χ1v) is 7.53. The molecule has 0 spiro atoms. The summed E-state index contributed by atoms with van der Waals surface area (Å²) in [6, 6.07) is 5.38. The van der Waals surface area contributed by atoms with Crippen LogP contribution in [0.1, 0.15) is 32.3 Å². The highest BCUT2D eigenvalue weighted by Gasteiger charge is 2.27. The summed E-state index contributed by atoms with van der Waals surface area (Å²) in [5, 5.41) is 8.04. The summed E-state index contributed by atoms with van der Waals surface area (Å²) in [5.41, 5.74) is 2.17. The van der Waals surface area contributed by atoms with Gasteiger partial charge >= 0.3 is 0 Å². The lowest BCUT2D eigenvalue weighted by Crippen LogP contribution is -2.56. The van der Waals surface area contributed by atoms with E-state index in [9.17, 15) is 0 Å². The molecule has 3 rings (SSSR count). The highest BCUT2D eigenvalue weighted by Crippen LogP contribution is 2.24. The van der Waals surface area contributed by atoms with E-state index in [2.05, 4.69) is 53.2 Å². The molecule has 5 nitrogen and oxygen atoms in total. The van der Waals surface area contributed by atoms with E-state index in [1.54, 1.807) is 6.33 Å². The van der Waals surface area contributed by atoms with Gasteiger partial charge in [0.15, 0.2) is 5.65 Å². The summed E-state index contributed by atoms with van der Waals surface area (Å²) in [7, 11) is 0. The van der Waals surface area contributed by atoms with Crippen molar-refractivity contribution < 1.29 is 0 Å². The Morgan fingerprint density at radius 2 is 2.15 bits per heavy atom. The quantitative estimate of drug-likeness (QED) is 0.929. The van der Waals surface area contributed by atoms with Crippen LogP contribution in [0.4, 0.5) is 5.82 Å². The Kier molecular flexibility index (Phi) is 3.61. The highest BCUT2D eigenvalue weighted by molar-refractivity contribution is 5.54. The number of pyridine rings is 1. The zero-order valence-corrected chi connectivity index (χ0v) is 12.5. The Hall–Kier alpha value is -1.62. The third-order valence-corrected chi connectivity index (χ3v) is 4.26. The number of aryl methyl sites for hydroxylation is 1. The van der Waals surface area contributed by atoms with Crippen molar-refractivity contribution in [2.24, 2.45) is 0 Å². The van der Waals surface area contributed by atoms with Gasteiger partial charge in [-0.25, -0.2) is 4.98 Å². The number of aromatic nitrogens is 3. The molecule has 1 fully saturated rings. The molecular formula is C15H23N5. The molecule has 1 N–H and O–H groups in total. The van der Waals surface area contributed by atoms with Gasteiger partial charge in [-0.05, 0) is 37.5 Å². The fraction of sp³-hybridized carbons (Fsp3) is 0.600. The van der Waals surface area contributed by atoms with Crippen LogP contribution in [0.5, 0.6) is 0 Å². The monoisotopic (exact) mass is 273 g/mol.